The minimum Gasteiger partial charge on any atom is -0.452 e. The summed E-state index contributed by atoms with van der Waals surface area (Å²) in [6.45, 7) is 1.60. The Kier molecular flexibility index (Phi) is 7.46. The zero-order chi connectivity index (χ0) is 21.5. The minimum atomic E-state index is -0.619. The third-order valence-corrected chi connectivity index (χ3v) is 5.72. The van der Waals surface area contributed by atoms with Gasteiger partial charge in [0.25, 0.3) is 5.91 Å². The van der Waals surface area contributed by atoms with Gasteiger partial charge < -0.3 is 15.4 Å². The van der Waals surface area contributed by atoms with Crippen molar-refractivity contribution >= 4 is 35.2 Å². The number of amides is 2. The van der Waals surface area contributed by atoms with Crippen molar-refractivity contribution in [3.05, 3.63) is 59.9 Å². The fraction of sp³-hybridized carbons (Fsp3) is 0.318. The fourth-order valence-corrected chi connectivity index (χ4v) is 3.69. The molecule has 158 valence electrons. The molecular formula is C22H23FN2O4S. The average Bonchev–Trinajstić information content (AvgIpc) is 3.58. The standard InChI is InChI=1S/C22H23FN2O4S/c1-14(15-6-7-15)24-20(26)12-29-22(28)18-4-2-3-5-19(18)30-13-21(27)25-17-10-8-16(23)9-11-17/h2-5,8-11,14-15H,6-7,12-13H2,1H3,(H,24,26)(H,25,27). The number of ether oxygens (including phenoxy) is 1. The molecule has 0 bridgehead atoms. The van der Waals surface area contributed by atoms with Crippen molar-refractivity contribution in [3.8, 4) is 0 Å². The van der Waals surface area contributed by atoms with Gasteiger partial charge in [-0.25, -0.2) is 9.18 Å². The van der Waals surface area contributed by atoms with Crippen molar-refractivity contribution in [2.45, 2.75) is 30.7 Å². The van der Waals surface area contributed by atoms with Gasteiger partial charge in [0.05, 0.1) is 11.3 Å². The zero-order valence-corrected chi connectivity index (χ0v) is 17.3. The van der Waals surface area contributed by atoms with Crippen LogP contribution in [-0.2, 0) is 14.3 Å². The Bertz CT molecular complexity index is 916. The number of rotatable bonds is 9. The van der Waals surface area contributed by atoms with Crippen LogP contribution >= 0.6 is 11.8 Å². The maximum Gasteiger partial charge on any atom is 0.339 e. The van der Waals surface area contributed by atoms with Crippen LogP contribution in [0.4, 0.5) is 10.1 Å². The van der Waals surface area contributed by atoms with E-state index < -0.39 is 5.97 Å². The number of benzene rings is 2. The normalized spacial score (nSPS) is 13.9. The lowest BCUT2D eigenvalue weighted by Crippen LogP contribution is -2.37. The number of hydrogen-bond acceptors (Lipinski definition) is 5. The first-order valence-electron chi connectivity index (χ1n) is 9.66. The third kappa shape index (κ3) is 6.59. The highest BCUT2D eigenvalue weighted by molar-refractivity contribution is 8.00. The fourth-order valence-electron chi connectivity index (χ4n) is 2.85. The smallest absolute Gasteiger partial charge is 0.339 e. The highest BCUT2D eigenvalue weighted by atomic mass is 32.2. The van der Waals surface area contributed by atoms with Crippen molar-refractivity contribution in [2.24, 2.45) is 5.92 Å². The number of halogens is 1. The first kappa shape index (κ1) is 21.8. The third-order valence-electron chi connectivity index (χ3n) is 4.65. The maximum atomic E-state index is 12.9. The second-order valence-electron chi connectivity index (χ2n) is 7.11. The number of carbonyl (C=O) groups excluding carboxylic acids is 3. The van der Waals surface area contributed by atoms with Gasteiger partial charge in [0.2, 0.25) is 5.91 Å². The summed E-state index contributed by atoms with van der Waals surface area (Å²) in [5.41, 5.74) is 0.779. The molecule has 2 N–H and O–H groups in total. The Labute approximate surface area is 178 Å². The van der Waals surface area contributed by atoms with E-state index in [1.54, 1.807) is 24.3 Å². The van der Waals surface area contributed by atoms with Crippen LogP contribution in [-0.4, -0.2) is 36.2 Å². The Hall–Kier alpha value is -2.87. The zero-order valence-electron chi connectivity index (χ0n) is 16.5. The number of anilines is 1. The van der Waals surface area contributed by atoms with Crippen LogP contribution in [0.5, 0.6) is 0 Å². The van der Waals surface area contributed by atoms with Crippen LogP contribution in [0.1, 0.15) is 30.1 Å². The Morgan fingerprint density at radius 2 is 1.80 bits per heavy atom. The van der Waals surface area contributed by atoms with Gasteiger partial charge in [0.1, 0.15) is 5.82 Å². The Morgan fingerprint density at radius 3 is 2.50 bits per heavy atom. The molecule has 1 unspecified atom stereocenters. The predicted molar refractivity (Wildman–Crippen MR) is 113 cm³/mol. The molecule has 6 nitrogen and oxygen atoms in total. The number of thioether (sulfide) groups is 1. The molecule has 0 heterocycles. The molecule has 0 aliphatic heterocycles. The molecule has 0 radical (unpaired) electrons. The molecule has 0 aromatic heterocycles. The van der Waals surface area contributed by atoms with Crippen molar-refractivity contribution in [3.63, 3.8) is 0 Å². The molecule has 2 amide bonds. The molecule has 1 fully saturated rings. The van der Waals surface area contributed by atoms with Crippen LogP contribution in [0.15, 0.2) is 53.4 Å². The van der Waals surface area contributed by atoms with Gasteiger partial charge in [-0.2, -0.15) is 0 Å². The molecule has 3 rings (SSSR count). The predicted octanol–water partition coefficient (Wildman–Crippen LogP) is 3.63. The topological polar surface area (TPSA) is 84.5 Å². The van der Waals surface area contributed by atoms with E-state index in [1.165, 1.54) is 36.0 Å². The molecule has 1 atom stereocenters. The van der Waals surface area contributed by atoms with Gasteiger partial charge >= 0.3 is 5.97 Å². The second-order valence-corrected chi connectivity index (χ2v) is 8.13. The van der Waals surface area contributed by atoms with Crippen molar-refractivity contribution in [2.75, 3.05) is 17.7 Å². The largest absolute Gasteiger partial charge is 0.452 e. The molecule has 2 aromatic carbocycles. The van der Waals surface area contributed by atoms with E-state index >= 15 is 0 Å². The van der Waals surface area contributed by atoms with E-state index in [4.69, 9.17) is 4.74 Å². The summed E-state index contributed by atoms with van der Waals surface area (Å²) >= 11 is 1.18. The summed E-state index contributed by atoms with van der Waals surface area (Å²) in [6.07, 6.45) is 2.22. The van der Waals surface area contributed by atoms with E-state index in [1.807, 2.05) is 6.92 Å². The van der Waals surface area contributed by atoms with Crippen LogP contribution in [0, 0.1) is 11.7 Å². The first-order chi connectivity index (χ1) is 14.4. The van der Waals surface area contributed by atoms with Crippen LogP contribution in [0.2, 0.25) is 0 Å². The van der Waals surface area contributed by atoms with E-state index in [2.05, 4.69) is 10.6 Å². The van der Waals surface area contributed by atoms with E-state index in [0.717, 1.165) is 12.8 Å². The molecule has 1 aliphatic rings. The molecule has 2 aromatic rings. The molecular weight excluding hydrogens is 407 g/mol. The van der Waals surface area contributed by atoms with Gasteiger partial charge in [-0.3, -0.25) is 9.59 Å². The van der Waals surface area contributed by atoms with Gasteiger partial charge in [-0.1, -0.05) is 12.1 Å². The summed E-state index contributed by atoms with van der Waals surface area (Å²) in [4.78, 5) is 37.1. The SMILES string of the molecule is CC(NC(=O)COC(=O)c1ccccc1SCC(=O)Nc1ccc(F)cc1)C1CC1. The van der Waals surface area contributed by atoms with Gasteiger partial charge in [0, 0.05) is 16.6 Å². The Balaban J connectivity index is 1.50. The maximum absolute atomic E-state index is 12.9. The van der Waals surface area contributed by atoms with Crippen molar-refractivity contribution in [1.82, 2.24) is 5.32 Å². The monoisotopic (exact) mass is 430 g/mol. The number of nitrogens with one attached hydrogen (secondary N) is 2. The first-order valence-corrected chi connectivity index (χ1v) is 10.6. The minimum absolute atomic E-state index is 0.0566. The second kappa shape index (κ2) is 10.2. The lowest BCUT2D eigenvalue weighted by Gasteiger charge is -2.13. The molecule has 1 saturated carbocycles. The van der Waals surface area contributed by atoms with E-state index in [0.29, 0.717) is 22.1 Å². The Morgan fingerprint density at radius 1 is 1.10 bits per heavy atom. The molecule has 0 spiro atoms. The lowest BCUT2D eigenvalue weighted by molar-refractivity contribution is -0.125. The van der Waals surface area contributed by atoms with Crippen LogP contribution in [0.25, 0.3) is 0 Å². The van der Waals surface area contributed by atoms with E-state index in [-0.39, 0.29) is 36.0 Å². The van der Waals surface area contributed by atoms with Crippen LogP contribution in [0.3, 0.4) is 0 Å². The van der Waals surface area contributed by atoms with Gasteiger partial charge in [-0.15, -0.1) is 11.8 Å². The van der Waals surface area contributed by atoms with Crippen LogP contribution < -0.4 is 10.6 Å². The lowest BCUT2D eigenvalue weighted by atomic mass is 10.2. The summed E-state index contributed by atoms with van der Waals surface area (Å²) < 4.78 is 18.1. The highest BCUT2D eigenvalue weighted by Gasteiger charge is 2.29. The summed E-state index contributed by atoms with van der Waals surface area (Å²) in [7, 11) is 0. The molecule has 1 aliphatic carbocycles. The quantitative estimate of drug-likeness (QED) is 0.469. The summed E-state index contributed by atoms with van der Waals surface area (Å²) in [5.74, 6) is -1.05. The van der Waals surface area contributed by atoms with Gasteiger partial charge in [-0.05, 0) is 62.1 Å². The van der Waals surface area contributed by atoms with E-state index in [9.17, 15) is 18.8 Å². The van der Waals surface area contributed by atoms with Crippen molar-refractivity contribution in [1.29, 1.82) is 0 Å². The molecule has 0 saturated heterocycles. The molecule has 30 heavy (non-hydrogen) atoms. The number of esters is 1. The summed E-state index contributed by atoms with van der Waals surface area (Å²) in [6, 6.07) is 12.3. The molecule has 8 heteroatoms. The highest BCUT2D eigenvalue weighted by Crippen LogP contribution is 2.32. The summed E-state index contributed by atoms with van der Waals surface area (Å²) in [5, 5.41) is 5.50. The average molecular weight is 431 g/mol. The van der Waals surface area contributed by atoms with Gasteiger partial charge in [0.15, 0.2) is 6.61 Å². The number of carbonyl (C=O) groups is 3. The van der Waals surface area contributed by atoms with Crippen molar-refractivity contribution < 1.29 is 23.5 Å². The number of hydrogen-bond donors (Lipinski definition) is 2.